The quantitative estimate of drug-likeness (QED) is 0.412. The monoisotopic (exact) mass is 87.0 g/mol. The van der Waals surface area contributed by atoms with Crippen LogP contribution in [0.2, 0.25) is 0 Å². The van der Waals surface area contributed by atoms with Crippen molar-refractivity contribution < 1.29 is 14.0 Å². The molecule has 5 heavy (non-hydrogen) atoms. The third kappa shape index (κ3) is 123. The van der Waals surface area contributed by atoms with Gasteiger partial charge in [0.25, 0.3) is 7.40 Å². The van der Waals surface area contributed by atoms with Gasteiger partial charge in [-0.3, -0.25) is 4.79 Å². The first-order valence-corrected chi connectivity index (χ1v) is 0.658. The number of carbonyl (C=O) groups is 1. The fourth-order valence-corrected chi connectivity index (χ4v) is 0. The normalized spacial score (nSPS) is 18.4. The summed E-state index contributed by atoms with van der Waals surface area (Å²) >= 11 is 0. The van der Waals surface area contributed by atoms with E-state index in [2.05, 4.69) is 5.11 Å². The van der Waals surface area contributed by atoms with Crippen molar-refractivity contribution in [2.24, 2.45) is 0 Å². The van der Waals surface area contributed by atoms with Gasteiger partial charge in [0.2, 0.25) is 0 Å². The van der Waals surface area contributed by atoms with Gasteiger partial charge in [-0.25, -0.2) is 0 Å². The summed E-state index contributed by atoms with van der Waals surface area (Å²) in [6, 6.07) is 0. The smallest absolute Gasteiger partial charge is 0.300 e. The number of hydrogen-bond acceptors (Lipinski definition) is 2. The zero-order valence-electron chi connectivity index (χ0n) is 6.82. The summed E-state index contributed by atoms with van der Waals surface area (Å²) in [5.74, 6) is -1.50. The molecule has 0 aliphatic carbocycles. The largest absolute Gasteiger partial charge is 0.481 e. The van der Waals surface area contributed by atoms with Crippen LogP contribution in [-0.2, 0) is 4.79 Å². The molecule has 0 aromatic rings. The van der Waals surface area contributed by atoms with E-state index in [-0.39, 0.29) is 29.6 Å². The molecule has 0 spiro atoms. The second kappa shape index (κ2) is 4.47. The van der Waals surface area contributed by atoms with E-state index in [0.717, 1.165) is 0 Å². The van der Waals surface area contributed by atoms with Crippen molar-refractivity contribution in [1.29, 1.82) is 1.43 Å². The third-order valence-electron chi connectivity index (χ3n) is 0. The molecule has 0 bridgehead atoms. The zero-order chi connectivity index (χ0) is 6.78. The van der Waals surface area contributed by atoms with E-state index in [4.69, 9.17) is 5.54 Å². The Morgan fingerprint density at radius 1 is 2.40 bits per heavy atom. The minimum absolute atomic E-state index is 0. The fraction of sp³-hybridized carbons (Fsp3) is 0.500. The van der Waals surface area contributed by atoms with Crippen molar-refractivity contribution in [2.45, 2.75) is 6.85 Å². The van der Waals surface area contributed by atoms with Crippen LogP contribution in [0.5, 0.6) is 0 Å². The summed E-state index contributed by atoms with van der Waals surface area (Å²) in [6.45, 7) is -2.79. The number of rotatable bonds is 0. The zero-order valence-corrected chi connectivity index (χ0v) is 4.82. The molecule has 0 rings (SSSR count). The predicted octanol–water partition coefficient (Wildman–Crippen LogP) is -0.290. The van der Waals surface area contributed by atoms with Gasteiger partial charge in [-0.05, 0) is 0 Å². The van der Waals surface area contributed by atoms with Gasteiger partial charge >= 0.3 is 0 Å². The molecule has 0 aliphatic rings. The first kappa shape index (κ1) is 1.96. The molecule has 0 aromatic heterocycles. The van der Waals surface area contributed by atoms with Gasteiger partial charge in [0.1, 0.15) is 0 Å². The molecule has 1 radical (unpaired) electrons. The standard InChI is InChI=1S/C2H4O2.Na/c1-2(3)4;/h1H3,(H,3,4);/i1D3;/hD. The summed E-state index contributed by atoms with van der Waals surface area (Å²) in [6.07, 6.45) is 0. The molecule has 3 heteroatoms. The van der Waals surface area contributed by atoms with Gasteiger partial charge in [-0.15, -0.1) is 0 Å². The van der Waals surface area contributed by atoms with E-state index in [0.29, 0.717) is 0 Å². The van der Waals surface area contributed by atoms with Crippen molar-refractivity contribution in [3.8, 4) is 0 Å². The number of aliphatic carboxylic acids is 1. The van der Waals surface area contributed by atoms with Gasteiger partial charge < -0.3 is 5.11 Å². The first-order chi connectivity index (χ1) is 3.48. The Hall–Kier alpha value is 0.470. The molecule has 0 amide bonds. The fourth-order valence-electron chi connectivity index (χ4n) is 0. The Kier molecular flexibility index (Phi) is 1.75. The van der Waals surface area contributed by atoms with Gasteiger partial charge in [-0.2, -0.15) is 0 Å². The summed E-state index contributed by atoms with van der Waals surface area (Å²) in [7, 11) is 0. The molecule has 25 valence electrons. The summed E-state index contributed by atoms with van der Waals surface area (Å²) in [5, 5.41) is 3.16. The molecule has 0 saturated heterocycles. The minimum Gasteiger partial charge on any atom is -0.481 e. The number of hydrogen-bond donors (Lipinski definition) is 1. The molecule has 1 N–H and O–H groups in total. The molecule has 0 heterocycles. The third-order valence-corrected chi connectivity index (χ3v) is 0. The molecular weight excluding hydrogens is 79.0 g/mol. The number of carboxylic acids is 1. The van der Waals surface area contributed by atoms with Crippen LogP contribution in [0.3, 0.4) is 0 Å². The van der Waals surface area contributed by atoms with Crippen molar-refractivity contribution in [2.75, 3.05) is 0 Å². The summed E-state index contributed by atoms with van der Waals surface area (Å²) in [5.41, 5.74) is 0. The van der Waals surface area contributed by atoms with Crippen molar-refractivity contribution in [1.82, 2.24) is 0 Å². The van der Waals surface area contributed by atoms with E-state index < -0.39 is 12.8 Å². The first-order valence-electron chi connectivity index (χ1n) is 2.57. The molecule has 0 unspecified atom stereocenters. The molecule has 0 atom stereocenters. The van der Waals surface area contributed by atoms with Crippen LogP contribution < -0.4 is 0 Å². The van der Waals surface area contributed by atoms with Crippen molar-refractivity contribution in [3.63, 3.8) is 0 Å². The molecule has 0 aromatic carbocycles. The maximum atomic E-state index is 9.86. The topological polar surface area (TPSA) is 37.3 Å². The van der Waals surface area contributed by atoms with Gasteiger partial charge in [-0.1, -0.05) is 0 Å². The predicted molar refractivity (Wildman–Crippen MR) is 19.1 cm³/mol. The van der Waals surface area contributed by atoms with Crippen molar-refractivity contribution >= 4 is 35.5 Å². The second-order valence-electron chi connectivity index (χ2n) is 0.287. The van der Waals surface area contributed by atoms with Gasteiger partial charge in [0, 0.05) is 40.5 Å². The maximum absolute atomic E-state index is 9.86. The van der Waals surface area contributed by atoms with E-state index in [9.17, 15) is 4.79 Å². The maximum Gasteiger partial charge on any atom is 0.300 e. The second-order valence-corrected chi connectivity index (χ2v) is 0.287. The Morgan fingerprint density at radius 3 is 3.00 bits per heavy atom. The van der Waals surface area contributed by atoms with E-state index in [1.165, 1.54) is 0 Å². The van der Waals surface area contributed by atoms with Crippen LogP contribution in [0.25, 0.3) is 1.43 Å². The van der Waals surface area contributed by atoms with Gasteiger partial charge in [0.05, 0.1) is 0 Å². The van der Waals surface area contributed by atoms with E-state index >= 15 is 0 Å². The minimum atomic E-state index is -2.79. The number of carboxylic acid groups (broad SMARTS) is 1. The van der Waals surface area contributed by atoms with Crippen LogP contribution in [0.4, 0.5) is 0 Å². The molecular formula is C2H4NaO2. The molecule has 0 aliphatic heterocycles. The molecule has 0 fully saturated rings. The summed E-state index contributed by atoms with van der Waals surface area (Å²) < 4.78 is 24.7. The molecule has 2 nitrogen and oxygen atoms in total. The van der Waals surface area contributed by atoms with Crippen LogP contribution in [0.15, 0.2) is 0 Å². The average Bonchev–Trinajstić information content (AvgIpc) is 1.62. The Balaban J connectivity index is 0. The van der Waals surface area contributed by atoms with E-state index in [1.54, 1.807) is 0 Å². The Morgan fingerprint density at radius 2 is 3.00 bits per heavy atom. The van der Waals surface area contributed by atoms with Crippen LogP contribution in [0.1, 0.15) is 11.0 Å². The van der Waals surface area contributed by atoms with Crippen LogP contribution in [0, 0.1) is 0 Å². The van der Waals surface area contributed by atoms with Crippen molar-refractivity contribution in [3.05, 3.63) is 0 Å². The Bertz CT molecular complexity index is 99.2. The SMILES string of the molecule is [2H]OC(=O)C([2H])([2H])[2H].[Na]. The molecule has 0 saturated carbocycles. The Labute approximate surface area is 58.2 Å². The average molecular weight is 87.1 g/mol. The van der Waals surface area contributed by atoms with E-state index in [1.807, 2.05) is 0 Å². The van der Waals surface area contributed by atoms with Crippen LogP contribution >= 0.6 is 0 Å². The summed E-state index contributed by atoms with van der Waals surface area (Å²) in [4.78, 5) is 9.86. The van der Waals surface area contributed by atoms with Crippen LogP contribution in [-0.4, -0.2) is 40.6 Å². The van der Waals surface area contributed by atoms with Gasteiger partial charge in [0.15, 0.2) is 0 Å².